The Morgan fingerprint density at radius 1 is 1.25 bits per heavy atom. The summed E-state index contributed by atoms with van der Waals surface area (Å²) >= 11 is 12.6. The van der Waals surface area contributed by atoms with Crippen molar-refractivity contribution in [3.8, 4) is 0 Å². The lowest BCUT2D eigenvalue weighted by atomic mass is 10.0. The molecule has 0 aliphatic heterocycles. The van der Waals surface area contributed by atoms with Gasteiger partial charge in [-0.1, -0.05) is 42.3 Å². The molecule has 0 saturated heterocycles. The van der Waals surface area contributed by atoms with E-state index in [2.05, 4.69) is 30.3 Å². The summed E-state index contributed by atoms with van der Waals surface area (Å²) in [4.78, 5) is 0. The molecule has 1 unspecified atom stereocenters. The molecule has 108 valence electrons. The first-order valence-electron chi connectivity index (χ1n) is 6.79. The van der Waals surface area contributed by atoms with Crippen molar-refractivity contribution >= 4 is 23.2 Å². The van der Waals surface area contributed by atoms with Crippen LogP contribution in [0, 0.1) is 6.92 Å². The zero-order chi connectivity index (χ0) is 14.7. The Bertz CT molecular complexity index is 593. The lowest BCUT2D eigenvalue weighted by molar-refractivity contribution is 0.542. The summed E-state index contributed by atoms with van der Waals surface area (Å²) in [6.07, 6.45) is 1.69. The lowest BCUT2D eigenvalue weighted by Crippen LogP contribution is -2.25. The van der Waals surface area contributed by atoms with Crippen molar-refractivity contribution in [3.05, 3.63) is 51.3 Å². The molecule has 1 heterocycles. The molecule has 3 nitrogen and oxygen atoms in total. The van der Waals surface area contributed by atoms with Gasteiger partial charge in [-0.05, 0) is 37.6 Å². The van der Waals surface area contributed by atoms with Gasteiger partial charge in [0.25, 0.3) is 0 Å². The third kappa shape index (κ3) is 3.00. The first-order valence-corrected chi connectivity index (χ1v) is 7.54. The van der Waals surface area contributed by atoms with Crippen molar-refractivity contribution in [2.75, 3.05) is 6.54 Å². The van der Waals surface area contributed by atoms with E-state index in [4.69, 9.17) is 23.2 Å². The maximum atomic E-state index is 6.32. The van der Waals surface area contributed by atoms with E-state index >= 15 is 0 Å². The number of nitrogens with one attached hydrogen (secondary N) is 1. The lowest BCUT2D eigenvalue weighted by Gasteiger charge is -2.21. The number of aromatic nitrogens is 2. The minimum atomic E-state index is -0.00644. The highest BCUT2D eigenvalue weighted by atomic mass is 35.5. The molecule has 0 radical (unpaired) electrons. The number of hydrogen-bond donors (Lipinski definition) is 1. The largest absolute Gasteiger partial charge is 0.305 e. The summed E-state index contributed by atoms with van der Waals surface area (Å²) in [5.74, 6) is 0. The summed E-state index contributed by atoms with van der Waals surface area (Å²) < 4.78 is 1.92. The average Bonchev–Trinajstić information content (AvgIpc) is 2.80. The highest BCUT2D eigenvalue weighted by molar-refractivity contribution is 6.31. The van der Waals surface area contributed by atoms with E-state index in [-0.39, 0.29) is 6.04 Å². The number of benzene rings is 1. The molecule has 1 N–H and O–H groups in total. The minimum Gasteiger partial charge on any atom is -0.305 e. The monoisotopic (exact) mass is 311 g/mol. The zero-order valence-corrected chi connectivity index (χ0v) is 13.5. The predicted molar refractivity (Wildman–Crippen MR) is 84.6 cm³/mol. The fourth-order valence-corrected chi connectivity index (χ4v) is 2.72. The molecule has 1 aromatic carbocycles. The van der Waals surface area contributed by atoms with Gasteiger partial charge in [-0.2, -0.15) is 5.10 Å². The second kappa shape index (κ2) is 6.61. The van der Waals surface area contributed by atoms with Gasteiger partial charge in [0.05, 0.1) is 23.0 Å². The van der Waals surface area contributed by atoms with Crippen LogP contribution in [0.4, 0.5) is 0 Å². The normalized spacial score (nSPS) is 12.7. The molecule has 0 aliphatic carbocycles. The molecule has 0 saturated carbocycles. The second-order valence-electron chi connectivity index (χ2n) is 4.69. The van der Waals surface area contributed by atoms with Crippen molar-refractivity contribution in [3.63, 3.8) is 0 Å². The highest BCUT2D eigenvalue weighted by Crippen LogP contribution is 2.30. The molecular formula is C15H19Cl2N3. The maximum absolute atomic E-state index is 6.32. The molecule has 0 fully saturated rings. The molecule has 2 rings (SSSR count). The van der Waals surface area contributed by atoms with Crippen LogP contribution in [0.25, 0.3) is 0 Å². The Balaban J connectivity index is 2.49. The van der Waals surface area contributed by atoms with E-state index in [1.807, 2.05) is 23.7 Å². The Labute approximate surface area is 129 Å². The molecule has 0 spiro atoms. The van der Waals surface area contributed by atoms with Gasteiger partial charge in [-0.15, -0.1) is 0 Å². The number of hydrogen-bond acceptors (Lipinski definition) is 2. The van der Waals surface area contributed by atoms with Gasteiger partial charge in [0.15, 0.2) is 0 Å². The summed E-state index contributed by atoms with van der Waals surface area (Å²) in [6, 6.07) is 6.10. The quantitative estimate of drug-likeness (QED) is 0.896. The first kappa shape index (κ1) is 15.4. The van der Waals surface area contributed by atoms with Crippen LogP contribution in [-0.2, 0) is 6.54 Å². The Kier molecular flexibility index (Phi) is 5.08. The summed E-state index contributed by atoms with van der Waals surface area (Å²) in [7, 11) is 0. The molecule has 20 heavy (non-hydrogen) atoms. The summed E-state index contributed by atoms with van der Waals surface area (Å²) in [5.41, 5.74) is 3.15. The highest BCUT2D eigenvalue weighted by Gasteiger charge is 2.21. The summed E-state index contributed by atoms with van der Waals surface area (Å²) in [5, 5.41) is 9.22. The van der Waals surface area contributed by atoms with Gasteiger partial charge in [0.2, 0.25) is 0 Å². The number of aryl methyl sites for hydroxylation is 2. The molecule has 0 amide bonds. The van der Waals surface area contributed by atoms with Crippen LogP contribution in [0.2, 0.25) is 10.0 Å². The van der Waals surface area contributed by atoms with Gasteiger partial charge >= 0.3 is 0 Å². The van der Waals surface area contributed by atoms with Crippen LogP contribution in [0.1, 0.15) is 36.7 Å². The Morgan fingerprint density at radius 3 is 2.60 bits per heavy atom. The number of halogens is 2. The van der Waals surface area contributed by atoms with Gasteiger partial charge in [0.1, 0.15) is 0 Å². The maximum Gasteiger partial charge on any atom is 0.0837 e. The molecule has 0 bridgehead atoms. The van der Waals surface area contributed by atoms with Gasteiger partial charge in [-0.3, -0.25) is 4.68 Å². The zero-order valence-electron chi connectivity index (χ0n) is 12.0. The van der Waals surface area contributed by atoms with E-state index in [1.165, 1.54) is 0 Å². The van der Waals surface area contributed by atoms with Gasteiger partial charge < -0.3 is 5.32 Å². The van der Waals surface area contributed by atoms with E-state index < -0.39 is 0 Å². The molecule has 0 aliphatic rings. The standard InChI is InChI=1S/C15H19Cl2N3/c1-4-18-14(11-7-6-10(3)12(16)8-11)15-13(17)9-19-20(15)5-2/h6-9,14,18H,4-5H2,1-3H3. The van der Waals surface area contributed by atoms with E-state index in [0.29, 0.717) is 5.02 Å². The average molecular weight is 312 g/mol. The Morgan fingerprint density at radius 2 is 2.00 bits per heavy atom. The smallest absolute Gasteiger partial charge is 0.0837 e. The third-order valence-electron chi connectivity index (χ3n) is 3.34. The second-order valence-corrected chi connectivity index (χ2v) is 5.51. The van der Waals surface area contributed by atoms with Crippen LogP contribution >= 0.6 is 23.2 Å². The number of nitrogens with zero attached hydrogens (tertiary/aromatic N) is 2. The van der Waals surface area contributed by atoms with Crippen LogP contribution < -0.4 is 5.32 Å². The fourth-order valence-electron chi connectivity index (χ4n) is 2.28. The Hall–Kier alpha value is -1.03. The van der Waals surface area contributed by atoms with E-state index in [9.17, 15) is 0 Å². The predicted octanol–water partition coefficient (Wildman–Crippen LogP) is 4.22. The third-order valence-corrected chi connectivity index (χ3v) is 4.04. The minimum absolute atomic E-state index is 0.00644. The summed E-state index contributed by atoms with van der Waals surface area (Å²) in [6.45, 7) is 7.74. The van der Waals surface area contributed by atoms with Crippen LogP contribution in [0.3, 0.4) is 0 Å². The van der Waals surface area contributed by atoms with Crippen molar-refractivity contribution in [2.45, 2.75) is 33.4 Å². The van der Waals surface area contributed by atoms with E-state index in [0.717, 1.165) is 34.9 Å². The molecule has 1 aromatic heterocycles. The van der Waals surface area contributed by atoms with Crippen LogP contribution in [0.5, 0.6) is 0 Å². The topological polar surface area (TPSA) is 29.9 Å². The molecule has 2 aromatic rings. The molecule has 5 heteroatoms. The van der Waals surface area contributed by atoms with Crippen molar-refractivity contribution < 1.29 is 0 Å². The fraction of sp³-hybridized carbons (Fsp3) is 0.400. The van der Waals surface area contributed by atoms with Crippen LogP contribution in [0.15, 0.2) is 24.4 Å². The molecular weight excluding hydrogens is 293 g/mol. The van der Waals surface area contributed by atoms with Gasteiger partial charge in [0, 0.05) is 11.6 Å². The van der Waals surface area contributed by atoms with Crippen molar-refractivity contribution in [1.82, 2.24) is 15.1 Å². The van der Waals surface area contributed by atoms with Crippen molar-refractivity contribution in [1.29, 1.82) is 0 Å². The number of rotatable bonds is 5. The van der Waals surface area contributed by atoms with Gasteiger partial charge in [-0.25, -0.2) is 0 Å². The van der Waals surface area contributed by atoms with Crippen LogP contribution in [-0.4, -0.2) is 16.3 Å². The first-order chi connectivity index (χ1) is 9.58. The molecule has 1 atom stereocenters. The van der Waals surface area contributed by atoms with E-state index in [1.54, 1.807) is 6.20 Å². The van der Waals surface area contributed by atoms with Crippen molar-refractivity contribution in [2.24, 2.45) is 0 Å². The SMILES string of the molecule is CCNC(c1ccc(C)c(Cl)c1)c1c(Cl)cnn1CC.